The van der Waals surface area contributed by atoms with Crippen molar-refractivity contribution in [3.63, 3.8) is 0 Å². The van der Waals surface area contributed by atoms with Crippen molar-refractivity contribution >= 4 is 47.2 Å². The quantitative estimate of drug-likeness (QED) is 0.253. The third kappa shape index (κ3) is 7.32. The van der Waals surface area contributed by atoms with Gasteiger partial charge in [0.15, 0.2) is 0 Å². The fourth-order valence-electron chi connectivity index (χ4n) is 4.80. The predicted octanol–water partition coefficient (Wildman–Crippen LogP) is 3.69. The first-order valence-corrected chi connectivity index (χ1v) is 14.4. The van der Waals surface area contributed by atoms with E-state index in [1.165, 1.54) is 30.6 Å². The number of thiophene rings is 1. The van der Waals surface area contributed by atoms with E-state index in [1.54, 1.807) is 24.8 Å². The average Bonchev–Trinajstić information content (AvgIpc) is 3.51. The minimum Gasteiger partial charge on any atom is -0.497 e. The number of aliphatic hydroxyl groups excluding tert-OH is 2. The number of methoxy groups -OCH3 is 1. The Hall–Kier alpha value is -2.87. The summed E-state index contributed by atoms with van der Waals surface area (Å²) in [7, 11) is 1.41. The third-order valence-electron chi connectivity index (χ3n) is 7.14. The SMILES string of the molecule is C=NC(=NC1CCOCC1)N/C(=C(\C)Cl)c1cc2c(s1)CN([C@H](C)C(=O)N[C@H](CO)c1cc(F)cc(OC)c1)C2O. The van der Waals surface area contributed by atoms with E-state index in [0.717, 1.165) is 22.6 Å². The maximum absolute atomic E-state index is 14.0. The number of hydrogen-bond donors (Lipinski definition) is 4. The molecule has 0 aliphatic carbocycles. The number of aliphatic hydroxyl groups is 2. The number of nitrogens with one attached hydrogen (secondary N) is 2. The summed E-state index contributed by atoms with van der Waals surface area (Å²) in [5.74, 6) is -0.331. The molecule has 3 heterocycles. The van der Waals surface area contributed by atoms with E-state index in [2.05, 4.69) is 27.3 Å². The molecule has 1 amide bonds. The molecule has 13 heteroatoms. The van der Waals surface area contributed by atoms with Gasteiger partial charge in [0.1, 0.15) is 17.8 Å². The van der Waals surface area contributed by atoms with Crippen molar-refractivity contribution < 1.29 is 28.9 Å². The van der Waals surface area contributed by atoms with Gasteiger partial charge in [0.2, 0.25) is 11.9 Å². The van der Waals surface area contributed by atoms with E-state index >= 15 is 0 Å². The highest BCUT2D eigenvalue weighted by atomic mass is 35.5. The summed E-state index contributed by atoms with van der Waals surface area (Å²) in [6, 6.07) is 4.33. The lowest BCUT2D eigenvalue weighted by Gasteiger charge is -2.28. The topological polar surface area (TPSA) is 128 Å². The van der Waals surface area contributed by atoms with Crippen LogP contribution in [0.4, 0.5) is 4.39 Å². The maximum Gasteiger partial charge on any atom is 0.237 e. The van der Waals surface area contributed by atoms with Gasteiger partial charge in [-0.05, 0) is 57.2 Å². The van der Waals surface area contributed by atoms with Crippen molar-refractivity contribution in [3.05, 3.63) is 56.0 Å². The van der Waals surface area contributed by atoms with Gasteiger partial charge in [-0.15, -0.1) is 11.3 Å². The van der Waals surface area contributed by atoms with Crippen molar-refractivity contribution in [1.29, 1.82) is 0 Å². The number of amides is 1. The van der Waals surface area contributed by atoms with Gasteiger partial charge in [0.05, 0.1) is 42.4 Å². The third-order valence-corrected chi connectivity index (χ3v) is 8.48. The Morgan fingerprint density at radius 2 is 2.07 bits per heavy atom. The van der Waals surface area contributed by atoms with Gasteiger partial charge in [0, 0.05) is 41.3 Å². The molecule has 4 rings (SSSR count). The Morgan fingerprint density at radius 1 is 1.34 bits per heavy atom. The molecule has 1 fully saturated rings. The van der Waals surface area contributed by atoms with Crippen molar-refractivity contribution in [2.45, 2.75) is 57.6 Å². The number of carbonyl (C=O) groups excluding carboxylic acids is 1. The van der Waals surface area contributed by atoms with Crippen LogP contribution in [0.15, 0.2) is 39.3 Å². The Kier molecular flexibility index (Phi) is 10.5. The van der Waals surface area contributed by atoms with Gasteiger partial charge in [-0.25, -0.2) is 14.4 Å². The molecular formula is C28H35ClFN5O5S. The van der Waals surface area contributed by atoms with E-state index in [0.29, 0.717) is 47.6 Å². The number of ether oxygens (including phenoxy) is 2. The summed E-state index contributed by atoms with van der Waals surface area (Å²) in [6.45, 7) is 8.25. The summed E-state index contributed by atoms with van der Waals surface area (Å²) in [5.41, 5.74) is 1.66. The van der Waals surface area contributed by atoms with Gasteiger partial charge in [-0.3, -0.25) is 9.69 Å². The number of allylic oxidation sites excluding steroid dienone is 1. The van der Waals surface area contributed by atoms with Gasteiger partial charge >= 0.3 is 0 Å². The van der Waals surface area contributed by atoms with Gasteiger partial charge in [-0.1, -0.05) is 11.6 Å². The fourth-order valence-corrected chi connectivity index (χ4v) is 6.26. The Balaban J connectivity index is 1.45. The largest absolute Gasteiger partial charge is 0.497 e. The summed E-state index contributed by atoms with van der Waals surface area (Å²) in [5, 5.41) is 27.5. The van der Waals surface area contributed by atoms with Crippen LogP contribution in [0.5, 0.6) is 5.75 Å². The van der Waals surface area contributed by atoms with Crippen LogP contribution in [-0.4, -0.2) is 72.7 Å². The van der Waals surface area contributed by atoms with Crippen LogP contribution >= 0.6 is 22.9 Å². The second-order valence-corrected chi connectivity index (χ2v) is 11.6. The highest BCUT2D eigenvalue weighted by Crippen LogP contribution is 2.41. The molecule has 41 heavy (non-hydrogen) atoms. The molecule has 1 aromatic heterocycles. The Morgan fingerprint density at radius 3 is 2.68 bits per heavy atom. The predicted molar refractivity (Wildman–Crippen MR) is 158 cm³/mol. The van der Waals surface area contributed by atoms with E-state index < -0.39 is 36.6 Å². The molecule has 10 nitrogen and oxygen atoms in total. The van der Waals surface area contributed by atoms with Crippen LogP contribution in [0.1, 0.15) is 59.8 Å². The highest BCUT2D eigenvalue weighted by molar-refractivity contribution is 7.13. The van der Waals surface area contributed by atoms with E-state index in [1.807, 2.05) is 6.07 Å². The van der Waals surface area contributed by atoms with Crippen LogP contribution in [0.3, 0.4) is 0 Å². The molecule has 222 valence electrons. The first-order valence-electron chi connectivity index (χ1n) is 13.2. The second-order valence-electron chi connectivity index (χ2n) is 9.87. The number of guanidine groups is 1. The van der Waals surface area contributed by atoms with Crippen LogP contribution in [0, 0.1) is 5.82 Å². The summed E-state index contributed by atoms with van der Waals surface area (Å²) in [4.78, 5) is 25.2. The number of fused-ring (bicyclic) bond motifs is 1. The fraction of sp³-hybridized carbons (Fsp3) is 0.464. The Bertz CT molecular complexity index is 1320. The average molecular weight is 608 g/mol. The monoisotopic (exact) mass is 607 g/mol. The van der Waals surface area contributed by atoms with Gasteiger partial charge < -0.3 is 30.3 Å². The van der Waals surface area contributed by atoms with Crippen LogP contribution in [0.2, 0.25) is 0 Å². The minimum atomic E-state index is -1.04. The Labute approximate surface area is 247 Å². The molecule has 1 unspecified atom stereocenters. The highest BCUT2D eigenvalue weighted by Gasteiger charge is 2.37. The number of benzene rings is 1. The van der Waals surface area contributed by atoms with Crippen molar-refractivity contribution in [2.24, 2.45) is 9.98 Å². The first-order chi connectivity index (χ1) is 19.6. The maximum atomic E-state index is 14.0. The van der Waals surface area contributed by atoms with Gasteiger partial charge in [0.25, 0.3) is 0 Å². The number of carbonyl (C=O) groups is 1. The zero-order valence-corrected chi connectivity index (χ0v) is 24.8. The number of halogens is 2. The molecule has 0 spiro atoms. The molecule has 3 atom stereocenters. The second kappa shape index (κ2) is 13.9. The van der Waals surface area contributed by atoms with Crippen molar-refractivity contribution in [1.82, 2.24) is 15.5 Å². The zero-order chi connectivity index (χ0) is 29.7. The molecular weight excluding hydrogens is 573 g/mol. The zero-order valence-electron chi connectivity index (χ0n) is 23.2. The van der Waals surface area contributed by atoms with E-state index in [4.69, 9.17) is 21.1 Å². The van der Waals surface area contributed by atoms with Crippen molar-refractivity contribution in [3.8, 4) is 5.75 Å². The lowest BCUT2D eigenvalue weighted by atomic mass is 10.1. The smallest absolute Gasteiger partial charge is 0.237 e. The first kappa shape index (κ1) is 31.1. The lowest BCUT2D eigenvalue weighted by molar-refractivity contribution is -0.131. The lowest BCUT2D eigenvalue weighted by Crippen LogP contribution is -2.46. The number of rotatable bonds is 9. The standard InChI is InChI=1S/C28H35ClFN5O5S/c1-15(29)25(34-28(31-3)32-19-5-7-40-8-6-19)23-12-21-24(41-23)13-35(27(21)38)16(2)26(37)33-22(14-36)17-9-18(30)11-20(10-17)39-4/h9-12,16,19,22,27,36,38H,3,5-8,13-14H2,1-2,4H3,(H,32,34)(H,33,37)/b25-15+/t16-,22-,27?/m1/s1. The van der Waals surface area contributed by atoms with Crippen LogP contribution in [0.25, 0.3) is 5.70 Å². The summed E-state index contributed by atoms with van der Waals surface area (Å²) < 4.78 is 24.5. The van der Waals surface area contributed by atoms with Crippen LogP contribution in [-0.2, 0) is 16.1 Å². The van der Waals surface area contributed by atoms with Gasteiger partial charge in [-0.2, -0.15) is 0 Å². The summed E-state index contributed by atoms with van der Waals surface area (Å²) >= 11 is 7.90. The van der Waals surface area contributed by atoms with Crippen LogP contribution < -0.4 is 15.4 Å². The molecule has 2 aliphatic rings. The molecule has 0 saturated carbocycles. The molecule has 0 bridgehead atoms. The number of nitrogens with zero attached hydrogens (tertiary/aromatic N) is 3. The molecule has 1 aromatic carbocycles. The molecule has 2 aliphatic heterocycles. The normalized spacial score (nSPS) is 20.2. The van der Waals surface area contributed by atoms with E-state index in [-0.39, 0.29) is 11.8 Å². The minimum absolute atomic E-state index is 0.0818. The van der Waals surface area contributed by atoms with E-state index in [9.17, 15) is 19.4 Å². The molecule has 0 radical (unpaired) electrons. The number of aliphatic imine (C=N–C) groups is 2. The molecule has 1 saturated heterocycles. The molecule has 4 N–H and O–H groups in total. The number of hydrogen-bond acceptors (Lipinski definition) is 8. The van der Waals surface area contributed by atoms with Crippen molar-refractivity contribution in [2.75, 3.05) is 26.9 Å². The molecule has 2 aromatic rings. The summed E-state index contributed by atoms with van der Waals surface area (Å²) in [6.07, 6.45) is 0.564.